The van der Waals surface area contributed by atoms with Crippen LogP contribution in [0.1, 0.15) is 28.8 Å². The molecule has 1 atom stereocenters. The average Bonchev–Trinajstić information content (AvgIpc) is 3.30. The zero-order valence-corrected chi connectivity index (χ0v) is 15.6. The molecule has 1 saturated heterocycles. The van der Waals surface area contributed by atoms with E-state index < -0.39 is 17.5 Å². The van der Waals surface area contributed by atoms with E-state index in [1.807, 2.05) is 25.1 Å². The lowest BCUT2D eigenvalue weighted by molar-refractivity contribution is 0.0917. The van der Waals surface area contributed by atoms with E-state index >= 15 is 0 Å². The summed E-state index contributed by atoms with van der Waals surface area (Å²) in [5.74, 6) is -2.44. The second-order valence-corrected chi connectivity index (χ2v) is 7.66. The third-order valence-electron chi connectivity index (χ3n) is 4.59. The first kappa shape index (κ1) is 18.0. The van der Waals surface area contributed by atoms with E-state index in [1.54, 1.807) is 0 Å². The van der Waals surface area contributed by atoms with Gasteiger partial charge < -0.3 is 4.74 Å². The molecule has 1 aliphatic heterocycles. The molecule has 0 spiro atoms. The number of ether oxygens (including phenoxy) is 1. The number of hydrogen-bond donors (Lipinski definition) is 0. The summed E-state index contributed by atoms with van der Waals surface area (Å²) in [4.78, 5) is 19.2. The normalized spacial score (nSPS) is 16.8. The Morgan fingerprint density at radius 2 is 2.11 bits per heavy atom. The van der Waals surface area contributed by atoms with Crippen molar-refractivity contribution in [3.05, 3.63) is 59.2 Å². The molecule has 27 heavy (non-hydrogen) atoms. The summed E-state index contributed by atoms with van der Waals surface area (Å²) >= 11 is 1.40. The van der Waals surface area contributed by atoms with Crippen LogP contribution in [-0.4, -0.2) is 30.1 Å². The molecule has 0 radical (unpaired) electrons. The number of benzene rings is 2. The van der Waals surface area contributed by atoms with Crippen molar-refractivity contribution >= 4 is 32.6 Å². The van der Waals surface area contributed by atoms with E-state index in [0.717, 1.165) is 40.8 Å². The molecular formula is C20H18F2N2O2S. The molecule has 3 aromatic rings. The largest absolute Gasteiger partial charge is 0.376 e. The van der Waals surface area contributed by atoms with Crippen molar-refractivity contribution in [1.82, 2.24) is 4.98 Å². The maximum atomic E-state index is 13.6. The highest BCUT2D eigenvalue weighted by Gasteiger charge is 2.27. The van der Waals surface area contributed by atoms with Gasteiger partial charge in [-0.15, -0.1) is 0 Å². The summed E-state index contributed by atoms with van der Waals surface area (Å²) in [6.07, 6.45) is 1.70. The summed E-state index contributed by atoms with van der Waals surface area (Å²) in [6, 6.07) is 9.08. The van der Waals surface area contributed by atoms with Gasteiger partial charge in [0.2, 0.25) is 0 Å². The van der Waals surface area contributed by atoms with Gasteiger partial charge in [0.25, 0.3) is 5.91 Å². The Morgan fingerprint density at radius 1 is 1.26 bits per heavy atom. The van der Waals surface area contributed by atoms with Crippen molar-refractivity contribution in [2.75, 3.05) is 18.1 Å². The van der Waals surface area contributed by atoms with Crippen molar-refractivity contribution in [2.24, 2.45) is 0 Å². The topological polar surface area (TPSA) is 42.4 Å². The SMILES string of the molecule is Cc1ccc2nc(N(CC3CCCO3)C(=O)c3ccc(F)c(F)c3)sc2c1. The first-order chi connectivity index (χ1) is 13.0. The van der Waals surface area contributed by atoms with Gasteiger partial charge in [-0.2, -0.15) is 0 Å². The Bertz CT molecular complexity index is 999. The van der Waals surface area contributed by atoms with E-state index in [0.29, 0.717) is 18.3 Å². The number of nitrogens with zero attached hydrogens (tertiary/aromatic N) is 2. The zero-order valence-electron chi connectivity index (χ0n) is 14.7. The number of amides is 1. The molecule has 0 bridgehead atoms. The number of thiazole rings is 1. The minimum atomic E-state index is -1.04. The lowest BCUT2D eigenvalue weighted by atomic mass is 10.1. The minimum absolute atomic E-state index is 0.0855. The Kier molecular flexibility index (Phi) is 4.88. The smallest absolute Gasteiger partial charge is 0.260 e. The zero-order chi connectivity index (χ0) is 19.0. The molecule has 1 amide bonds. The van der Waals surface area contributed by atoms with Crippen LogP contribution < -0.4 is 4.90 Å². The fourth-order valence-corrected chi connectivity index (χ4v) is 4.23. The molecule has 0 aliphatic carbocycles. The molecule has 1 fully saturated rings. The van der Waals surface area contributed by atoms with Crippen LogP contribution in [0.15, 0.2) is 36.4 Å². The molecular weight excluding hydrogens is 370 g/mol. The Labute approximate surface area is 159 Å². The number of rotatable bonds is 4. The summed E-state index contributed by atoms with van der Waals surface area (Å²) in [6.45, 7) is 2.99. The molecule has 1 unspecified atom stereocenters. The van der Waals surface area contributed by atoms with Gasteiger partial charge in [-0.25, -0.2) is 13.8 Å². The molecule has 1 aliphatic rings. The number of carbonyl (C=O) groups excluding carboxylic acids is 1. The predicted octanol–water partition coefficient (Wildman–Crippen LogP) is 4.71. The standard InChI is InChI=1S/C20H18F2N2O2S/c1-12-4-7-17-18(9-12)27-20(23-17)24(11-14-3-2-8-26-14)19(25)13-5-6-15(21)16(22)10-13/h4-7,9-10,14H,2-3,8,11H2,1H3. The number of aryl methyl sites for hydroxylation is 1. The van der Waals surface area contributed by atoms with Crippen molar-refractivity contribution in [1.29, 1.82) is 0 Å². The quantitative estimate of drug-likeness (QED) is 0.650. The molecule has 1 aromatic heterocycles. The van der Waals surface area contributed by atoms with Crippen LogP contribution in [0.3, 0.4) is 0 Å². The van der Waals surface area contributed by atoms with Crippen molar-refractivity contribution in [3.63, 3.8) is 0 Å². The summed E-state index contributed by atoms with van der Waals surface area (Å²) < 4.78 is 33.5. The van der Waals surface area contributed by atoms with Crippen molar-refractivity contribution in [3.8, 4) is 0 Å². The molecule has 0 N–H and O–H groups in total. The van der Waals surface area contributed by atoms with Crippen LogP contribution in [0.5, 0.6) is 0 Å². The third kappa shape index (κ3) is 3.70. The predicted molar refractivity (Wildman–Crippen MR) is 101 cm³/mol. The van der Waals surface area contributed by atoms with E-state index in [1.165, 1.54) is 22.3 Å². The number of hydrogen-bond acceptors (Lipinski definition) is 4. The van der Waals surface area contributed by atoms with Crippen molar-refractivity contribution in [2.45, 2.75) is 25.9 Å². The van der Waals surface area contributed by atoms with Crippen LogP contribution in [-0.2, 0) is 4.74 Å². The Hall–Kier alpha value is -2.38. The van der Waals surface area contributed by atoms with Crippen LogP contribution in [0, 0.1) is 18.6 Å². The van der Waals surface area contributed by atoms with Gasteiger partial charge in [-0.05, 0) is 55.7 Å². The monoisotopic (exact) mass is 388 g/mol. The van der Waals surface area contributed by atoms with Crippen LogP contribution in [0.2, 0.25) is 0 Å². The highest BCUT2D eigenvalue weighted by Crippen LogP contribution is 2.31. The Balaban J connectivity index is 1.72. The van der Waals surface area contributed by atoms with E-state index in [2.05, 4.69) is 4.98 Å². The molecule has 7 heteroatoms. The van der Waals surface area contributed by atoms with Gasteiger partial charge in [0.05, 0.1) is 22.9 Å². The first-order valence-corrected chi connectivity index (χ1v) is 9.58. The molecule has 0 saturated carbocycles. The summed E-state index contributed by atoms with van der Waals surface area (Å²) in [5, 5.41) is 0.529. The van der Waals surface area contributed by atoms with E-state index in [-0.39, 0.29) is 11.7 Å². The molecule has 140 valence electrons. The highest BCUT2D eigenvalue weighted by molar-refractivity contribution is 7.22. The number of anilines is 1. The lowest BCUT2D eigenvalue weighted by Crippen LogP contribution is -2.37. The van der Waals surface area contributed by atoms with E-state index in [4.69, 9.17) is 4.74 Å². The fourth-order valence-electron chi connectivity index (χ4n) is 3.16. The van der Waals surface area contributed by atoms with Crippen LogP contribution >= 0.6 is 11.3 Å². The summed E-state index contributed by atoms with van der Waals surface area (Å²) in [7, 11) is 0. The molecule has 2 heterocycles. The van der Waals surface area contributed by atoms with Crippen LogP contribution in [0.25, 0.3) is 10.2 Å². The Morgan fingerprint density at radius 3 is 2.85 bits per heavy atom. The fraction of sp³-hybridized carbons (Fsp3) is 0.300. The lowest BCUT2D eigenvalue weighted by Gasteiger charge is -2.23. The van der Waals surface area contributed by atoms with Gasteiger partial charge in [-0.1, -0.05) is 17.4 Å². The summed E-state index contributed by atoms with van der Waals surface area (Å²) in [5.41, 5.74) is 1.99. The third-order valence-corrected chi connectivity index (χ3v) is 5.63. The first-order valence-electron chi connectivity index (χ1n) is 8.77. The molecule has 2 aromatic carbocycles. The number of halogens is 2. The van der Waals surface area contributed by atoms with E-state index in [9.17, 15) is 13.6 Å². The van der Waals surface area contributed by atoms with Gasteiger partial charge in [0.15, 0.2) is 16.8 Å². The number of aromatic nitrogens is 1. The van der Waals surface area contributed by atoms with Crippen LogP contribution in [0.4, 0.5) is 13.9 Å². The minimum Gasteiger partial charge on any atom is -0.376 e. The molecule has 4 nitrogen and oxygen atoms in total. The van der Waals surface area contributed by atoms with Gasteiger partial charge in [0.1, 0.15) is 0 Å². The maximum Gasteiger partial charge on any atom is 0.260 e. The average molecular weight is 388 g/mol. The highest BCUT2D eigenvalue weighted by atomic mass is 32.1. The van der Waals surface area contributed by atoms with Gasteiger partial charge in [-0.3, -0.25) is 9.69 Å². The van der Waals surface area contributed by atoms with Crippen molar-refractivity contribution < 1.29 is 18.3 Å². The van der Waals surface area contributed by atoms with Gasteiger partial charge in [0, 0.05) is 12.2 Å². The maximum absolute atomic E-state index is 13.6. The number of carbonyl (C=O) groups is 1. The van der Waals surface area contributed by atoms with Gasteiger partial charge >= 0.3 is 0 Å². The second-order valence-electron chi connectivity index (χ2n) is 6.65. The number of fused-ring (bicyclic) bond motifs is 1. The second kappa shape index (κ2) is 7.32. The molecule has 4 rings (SSSR count).